The predicted molar refractivity (Wildman–Crippen MR) is 80.7 cm³/mol. The van der Waals surface area contributed by atoms with Crippen molar-refractivity contribution in [1.29, 1.82) is 0 Å². The normalized spacial score (nSPS) is 10.7. The third kappa shape index (κ3) is 3.52. The van der Waals surface area contributed by atoms with Gasteiger partial charge in [-0.1, -0.05) is 23.4 Å². The fraction of sp³-hybridized carbons (Fsp3) is 0.308. The first kappa shape index (κ1) is 14.9. The van der Waals surface area contributed by atoms with Crippen molar-refractivity contribution in [1.82, 2.24) is 14.8 Å². The van der Waals surface area contributed by atoms with Crippen molar-refractivity contribution < 1.29 is 4.79 Å². The van der Waals surface area contributed by atoms with Crippen LogP contribution in [0.25, 0.3) is 11.4 Å². The van der Waals surface area contributed by atoms with Gasteiger partial charge in [-0.3, -0.25) is 4.79 Å². The highest BCUT2D eigenvalue weighted by molar-refractivity contribution is 7.99. The summed E-state index contributed by atoms with van der Waals surface area (Å²) in [5.74, 6) is 1.09. The number of hydrogen-bond acceptors (Lipinski definition) is 4. The van der Waals surface area contributed by atoms with E-state index in [2.05, 4.69) is 10.2 Å². The van der Waals surface area contributed by atoms with Gasteiger partial charge in [0.05, 0.1) is 0 Å². The number of nitrogens with two attached hydrogens (primary N) is 1. The number of thioether (sulfide) groups is 1. The lowest BCUT2D eigenvalue weighted by Crippen LogP contribution is -2.11. The summed E-state index contributed by atoms with van der Waals surface area (Å²) in [6.07, 6.45) is 0.331. The van der Waals surface area contributed by atoms with Gasteiger partial charge in [0.2, 0.25) is 5.91 Å². The standard InChI is InChI=1S/C13H15ClN4OS/c1-2-18-12(9-3-5-10(14)6-4-9)16-17-13(18)20-8-7-11(15)19/h3-6H,2,7-8H2,1H3,(H2,15,19). The van der Waals surface area contributed by atoms with Crippen LogP contribution < -0.4 is 5.73 Å². The first-order valence-electron chi connectivity index (χ1n) is 6.22. The number of carbonyl (C=O) groups is 1. The molecule has 0 radical (unpaired) electrons. The van der Waals surface area contributed by atoms with E-state index in [1.54, 1.807) is 0 Å². The highest BCUT2D eigenvalue weighted by Gasteiger charge is 2.13. The van der Waals surface area contributed by atoms with E-state index in [-0.39, 0.29) is 5.91 Å². The molecule has 2 aromatic rings. The molecule has 7 heteroatoms. The second-order valence-electron chi connectivity index (χ2n) is 4.12. The van der Waals surface area contributed by atoms with Crippen molar-refractivity contribution in [3.8, 4) is 11.4 Å². The number of halogens is 1. The third-order valence-corrected chi connectivity index (χ3v) is 3.94. The van der Waals surface area contributed by atoms with Crippen molar-refractivity contribution in [3.63, 3.8) is 0 Å². The summed E-state index contributed by atoms with van der Waals surface area (Å²) in [5.41, 5.74) is 6.09. The Balaban J connectivity index is 2.20. The van der Waals surface area contributed by atoms with Gasteiger partial charge in [0, 0.05) is 29.3 Å². The van der Waals surface area contributed by atoms with Crippen molar-refractivity contribution in [3.05, 3.63) is 29.3 Å². The number of hydrogen-bond donors (Lipinski definition) is 1. The van der Waals surface area contributed by atoms with Crippen molar-refractivity contribution >= 4 is 29.3 Å². The lowest BCUT2D eigenvalue weighted by Gasteiger charge is -2.07. The Morgan fingerprint density at radius 2 is 2.05 bits per heavy atom. The van der Waals surface area contributed by atoms with E-state index in [9.17, 15) is 4.79 Å². The van der Waals surface area contributed by atoms with E-state index in [4.69, 9.17) is 17.3 Å². The van der Waals surface area contributed by atoms with Gasteiger partial charge in [-0.15, -0.1) is 10.2 Å². The number of amides is 1. The van der Waals surface area contributed by atoms with Crippen molar-refractivity contribution in [2.45, 2.75) is 25.0 Å². The molecule has 0 aliphatic rings. The molecule has 1 aromatic heterocycles. The molecule has 0 bridgehead atoms. The van der Waals surface area contributed by atoms with Gasteiger partial charge in [-0.25, -0.2) is 0 Å². The predicted octanol–water partition coefficient (Wildman–Crippen LogP) is 2.59. The lowest BCUT2D eigenvalue weighted by molar-refractivity contribution is -0.117. The average molecular weight is 311 g/mol. The molecule has 0 aliphatic carbocycles. The molecule has 1 heterocycles. The highest BCUT2D eigenvalue weighted by atomic mass is 35.5. The second kappa shape index (κ2) is 6.76. The molecule has 0 atom stereocenters. The van der Waals surface area contributed by atoms with Crippen LogP contribution >= 0.6 is 23.4 Å². The van der Waals surface area contributed by atoms with Crippen molar-refractivity contribution in [2.75, 3.05) is 5.75 Å². The Morgan fingerprint density at radius 3 is 2.65 bits per heavy atom. The lowest BCUT2D eigenvalue weighted by atomic mass is 10.2. The summed E-state index contributed by atoms with van der Waals surface area (Å²) in [6.45, 7) is 2.78. The maximum Gasteiger partial charge on any atom is 0.218 e. The molecule has 0 aliphatic heterocycles. The van der Waals surface area contributed by atoms with Crippen LogP contribution in [0.1, 0.15) is 13.3 Å². The Bertz CT molecular complexity index is 597. The minimum absolute atomic E-state index is 0.307. The molecule has 0 saturated carbocycles. The average Bonchev–Trinajstić information content (AvgIpc) is 2.82. The van der Waals surface area contributed by atoms with Crippen LogP contribution in [0.15, 0.2) is 29.4 Å². The monoisotopic (exact) mass is 310 g/mol. The zero-order valence-electron chi connectivity index (χ0n) is 11.0. The van der Waals surface area contributed by atoms with Crippen LogP contribution in [0, 0.1) is 0 Å². The van der Waals surface area contributed by atoms with Crippen LogP contribution in [-0.4, -0.2) is 26.4 Å². The maximum atomic E-state index is 10.8. The second-order valence-corrected chi connectivity index (χ2v) is 5.62. The molecule has 2 N–H and O–H groups in total. The summed E-state index contributed by atoms with van der Waals surface area (Å²) in [4.78, 5) is 10.8. The van der Waals surface area contributed by atoms with Crippen LogP contribution in [0.5, 0.6) is 0 Å². The van der Waals surface area contributed by atoms with E-state index in [0.29, 0.717) is 17.2 Å². The largest absolute Gasteiger partial charge is 0.370 e. The Hall–Kier alpha value is -1.53. The molecular weight excluding hydrogens is 296 g/mol. The molecule has 0 spiro atoms. The van der Waals surface area contributed by atoms with E-state index < -0.39 is 0 Å². The SMILES string of the molecule is CCn1c(SCCC(N)=O)nnc1-c1ccc(Cl)cc1. The molecule has 106 valence electrons. The summed E-state index contributed by atoms with van der Waals surface area (Å²) in [5, 5.41) is 9.87. The van der Waals surface area contributed by atoms with Gasteiger partial charge in [0.1, 0.15) is 0 Å². The van der Waals surface area contributed by atoms with Crippen LogP contribution in [0.2, 0.25) is 5.02 Å². The fourth-order valence-electron chi connectivity index (χ4n) is 1.74. The molecule has 0 fully saturated rings. The summed E-state index contributed by atoms with van der Waals surface area (Å²) in [6, 6.07) is 7.48. The van der Waals surface area contributed by atoms with Crippen LogP contribution in [0.3, 0.4) is 0 Å². The molecule has 5 nitrogen and oxygen atoms in total. The third-order valence-electron chi connectivity index (χ3n) is 2.72. The summed E-state index contributed by atoms with van der Waals surface area (Å²) < 4.78 is 2.01. The molecule has 1 aromatic carbocycles. The van der Waals surface area contributed by atoms with E-state index >= 15 is 0 Å². The number of carbonyl (C=O) groups excluding carboxylic acids is 1. The van der Waals surface area contributed by atoms with Crippen molar-refractivity contribution in [2.24, 2.45) is 5.73 Å². The van der Waals surface area contributed by atoms with Crippen LogP contribution in [-0.2, 0) is 11.3 Å². The Kier molecular flexibility index (Phi) is 5.03. The van der Waals surface area contributed by atoms with Gasteiger partial charge in [0.25, 0.3) is 0 Å². The van der Waals surface area contributed by atoms with E-state index in [1.807, 2.05) is 35.8 Å². The molecule has 1 amide bonds. The number of benzene rings is 1. The smallest absolute Gasteiger partial charge is 0.218 e. The van der Waals surface area contributed by atoms with Gasteiger partial charge < -0.3 is 10.3 Å². The quantitative estimate of drug-likeness (QED) is 0.832. The number of rotatable bonds is 6. The summed E-state index contributed by atoms with van der Waals surface area (Å²) in [7, 11) is 0. The van der Waals surface area contributed by atoms with Gasteiger partial charge in [-0.2, -0.15) is 0 Å². The molecule has 20 heavy (non-hydrogen) atoms. The van der Waals surface area contributed by atoms with E-state index in [1.165, 1.54) is 11.8 Å². The summed E-state index contributed by atoms with van der Waals surface area (Å²) >= 11 is 7.37. The molecule has 0 unspecified atom stereocenters. The topological polar surface area (TPSA) is 73.8 Å². The minimum Gasteiger partial charge on any atom is -0.370 e. The number of primary amides is 1. The van der Waals surface area contributed by atoms with Gasteiger partial charge >= 0.3 is 0 Å². The first-order chi connectivity index (χ1) is 9.61. The fourth-order valence-corrected chi connectivity index (χ4v) is 2.82. The zero-order chi connectivity index (χ0) is 14.5. The molecular formula is C13H15ClN4OS. The Morgan fingerprint density at radius 1 is 1.35 bits per heavy atom. The minimum atomic E-state index is -0.307. The van der Waals surface area contributed by atoms with E-state index in [0.717, 1.165) is 23.1 Å². The molecule has 0 saturated heterocycles. The molecule has 2 rings (SSSR count). The van der Waals surface area contributed by atoms with Gasteiger partial charge in [-0.05, 0) is 31.2 Å². The van der Waals surface area contributed by atoms with Crippen LogP contribution in [0.4, 0.5) is 0 Å². The first-order valence-corrected chi connectivity index (χ1v) is 7.58. The highest BCUT2D eigenvalue weighted by Crippen LogP contribution is 2.25. The number of aromatic nitrogens is 3. The number of nitrogens with zero attached hydrogens (tertiary/aromatic N) is 3. The van der Waals surface area contributed by atoms with Gasteiger partial charge in [0.15, 0.2) is 11.0 Å². The maximum absolute atomic E-state index is 10.8. The Labute approximate surface area is 126 Å². The zero-order valence-corrected chi connectivity index (χ0v) is 12.6.